The molecule has 1 aliphatic heterocycles. The Bertz CT molecular complexity index is 968. The molecule has 152 valence electrons. The zero-order valence-electron chi connectivity index (χ0n) is 16.7. The van der Waals surface area contributed by atoms with Crippen molar-refractivity contribution in [2.24, 2.45) is 7.05 Å². The van der Waals surface area contributed by atoms with Gasteiger partial charge in [0.05, 0.1) is 30.5 Å². The van der Waals surface area contributed by atoms with E-state index in [1.807, 2.05) is 50.4 Å². The van der Waals surface area contributed by atoms with Crippen LogP contribution in [0.25, 0.3) is 11.4 Å². The number of nitrogens with zero attached hydrogens (tertiary/aromatic N) is 7. The lowest BCUT2D eigenvalue weighted by molar-refractivity contribution is -0.0684. The van der Waals surface area contributed by atoms with Crippen LogP contribution in [0.1, 0.15) is 22.0 Å². The molecule has 1 aliphatic rings. The summed E-state index contributed by atoms with van der Waals surface area (Å²) in [4.78, 5) is 17.6. The number of nitrogens with one attached hydrogen (secondary N) is 1. The van der Waals surface area contributed by atoms with Gasteiger partial charge in [0.15, 0.2) is 0 Å². The number of H-pyrrole nitrogens is 1. The minimum atomic E-state index is -0.245. The first kappa shape index (κ1) is 19.2. The Morgan fingerprint density at radius 1 is 1.34 bits per heavy atom. The maximum Gasteiger partial charge on any atom is 0.255 e. The normalized spacial score (nSPS) is 19.7. The molecule has 0 bridgehead atoms. The van der Waals surface area contributed by atoms with Gasteiger partial charge in [-0.3, -0.25) is 9.48 Å². The van der Waals surface area contributed by atoms with Crippen molar-refractivity contribution in [3.05, 3.63) is 47.8 Å². The summed E-state index contributed by atoms with van der Waals surface area (Å²) < 4.78 is 7.81. The Labute approximate surface area is 168 Å². The molecule has 10 heteroatoms. The average molecular weight is 396 g/mol. The second-order valence-corrected chi connectivity index (χ2v) is 7.34. The molecule has 4 rings (SSSR count). The summed E-state index contributed by atoms with van der Waals surface area (Å²) >= 11 is 0. The van der Waals surface area contributed by atoms with Gasteiger partial charge in [-0.25, -0.2) is 0 Å². The van der Waals surface area contributed by atoms with Gasteiger partial charge >= 0.3 is 0 Å². The van der Waals surface area contributed by atoms with E-state index in [4.69, 9.17) is 4.74 Å². The molecular formula is C19H24N8O2. The molecule has 2 atom stereocenters. The van der Waals surface area contributed by atoms with Crippen LogP contribution in [0.3, 0.4) is 0 Å². The number of carbonyl (C=O) groups excluding carboxylic acids is 1. The first-order chi connectivity index (χ1) is 14.0. The quantitative estimate of drug-likeness (QED) is 0.678. The number of hydrogen-bond donors (Lipinski definition) is 1. The van der Waals surface area contributed by atoms with E-state index in [-0.39, 0.29) is 18.1 Å². The van der Waals surface area contributed by atoms with E-state index in [1.165, 1.54) is 0 Å². The zero-order valence-corrected chi connectivity index (χ0v) is 16.7. The topological polar surface area (TPSA) is 105 Å². The molecule has 2 aromatic heterocycles. The molecule has 3 heterocycles. The molecule has 0 radical (unpaired) electrons. The van der Waals surface area contributed by atoms with Crippen LogP contribution in [0.4, 0.5) is 0 Å². The fourth-order valence-electron chi connectivity index (χ4n) is 3.76. The number of likely N-dealkylation sites (N-methyl/N-ethyl adjacent to an activating group) is 1. The third-order valence-electron chi connectivity index (χ3n) is 4.97. The van der Waals surface area contributed by atoms with Gasteiger partial charge < -0.3 is 14.5 Å². The molecule has 0 unspecified atom stereocenters. The Morgan fingerprint density at radius 3 is 2.86 bits per heavy atom. The van der Waals surface area contributed by atoms with Crippen LogP contribution >= 0.6 is 0 Å². The van der Waals surface area contributed by atoms with Gasteiger partial charge in [-0.05, 0) is 25.4 Å². The standard InChI is InChI=1S/C19H24N8O2/c1-25(2)12-16-17(13-10-20-26(3)11-13)27(8-9-29-16)19(28)15-7-5-4-6-14(15)18-21-23-24-22-18/h4-7,10-11,16-17H,8-9,12H2,1-3H3,(H,21,22,23,24)/t16-,17-/m0/s1. The lowest BCUT2D eigenvalue weighted by atomic mass is 9.98. The van der Waals surface area contributed by atoms with Crippen molar-refractivity contribution in [3.8, 4) is 11.4 Å². The Morgan fingerprint density at radius 2 is 2.17 bits per heavy atom. The predicted octanol–water partition coefficient (Wildman–Crippen LogP) is 0.744. The fraction of sp³-hybridized carbons (Fsp3) is 0.421. The largest absolute Gasteiger partial charge is 0.373 e. The van der Waals surface area contributed by atoms with E-state index in [2.05, 4.69) is 30.6 Å². The van der Waals surface area contributed by atoms with Crippen molar-refractivity contribution in [1.82, 2.24) is 40.2 Å². The molecule has 3 aromatic rings. The molecule has 0 aliphatic carbocycles. The van der Waals surface area contributed by atoms with Gasteiger partial charge in [-0.1, -0.05) is 18.2 Å². The van der Waals surface area contributed by atoms with Crippen molar-refractivity contribution in [1.29, 1.82) is 0 Å². The van der Waals surface area contributed by atoms with Crippen LogP contribution in [0.2, 0.25) is 0 Å². The lowest BCUT2D eigenvalue weighted by Gasteiger charge is -2.42. The van der Waals surface area contributed by atoms with Crippen LogP contribution in [-0.4, -0.2) is 86.0 Å². The fourth-order valence-corrected chi connectivity index (χ4v) is 3.76. The average Bonchev–Trinajstić information content (AvgIpc) is 3.39. The maximum atomic E-state index is 13.7. The van der Waals surface area contributed by atoms with Gasteiger partial charge in [0.25, 0.3) is 5.91 Å². The summed E-state index contributed by atoms with van der Waals surface area (Å²) in [6.45, 7) is 1.66. The van der Waals surface area contributed by atoms with Gasteiger partial charge in [0.1, 0.15) is 0 Å². The number of rotatable bonds is 5. The van der Waals surface area contributed by atoms with E-state index in [0.717, 1.165) is 5.56 Å². The first-order valence-corrected chi connectivity index (χ1v) is 9.43. The van der Waals surface area contributed by atoms with Crippen LogP contribution in [0.5, 0.6) is 0 Å². The number of aryl methyl sites for hydroxylation is 1. The molecule has 10 nitrogen and oxygen atoms in total. The highest BCUT2D eigenvalue weighted by atomic mass is 16.5. The van der Waals surface area contributed by atoms with Crippen molar-refractivity contribution in [3.63, 3.8) is 0 Å². The minimum absolute atomic E-state index is 0.0914. The molecule has 0 saturated carbocycles. The smallest absolute Gasteiger partial charge is 0.255 e. The summed E-state index contributed by atoms with van der Waals surface area (Å²) in [5.74, 6) is 0.302. The second kappa shape index (κ2) is 8.10. The molecule has 1 saturated heterocycles. The van der Waals surface area contributed by atoms with Gasteiger partial charge in [0.2, 0.25) is 5.82 Å². The minimum Gasteiger partial charge on any atom is -0.373 e. The number of amides is 1. The number of carbonyl (C=O) groups is 1. The number of aromatic amines is 1. The van der Waals surface area contributed by atoms with E-state index in [0.29, 0.717) is 36.6 Å². The maximum absolute atomic E-state index is 13.7. The van der Waals surface area contributed by atoms with Gasteiger partial charge in [-0.15, -0.1) is 10.2 Å². The van der Waals surface area contributed by atoms with Crippen LogP contribution < -0.4 is 0 Å². The number of ether oxygens (including phenoxy) is 1. The summed E-state index contributed by atoms with van der Waals surface area (Å²) in [5, 5.41) is 18.5. The number of hydrogen-bond acceptors (Lipinski definition) is 7. The highest BCUT2D eigenvalue weighted by Gasteiger charge is 2.38. The highest BCUT2D eigenvalue weighted by molar-refractivity contribution is 6.00. The van der Waals surface area contributed by atoms with Crippen molar-refractivity contribution in [2.45, 2.75) is 12.1 Å². The molecule has 1 amide bonds. The Balaban J connectivity index is 1.73. The number of tetrazole rings is 1. The lowest BCUT2D eigenvalue weighted by Crippen LogP contribution is -2.51. The number of morpholine rings is 1. The summed E-state index contributed by atoms with van der Waals surface area (Å²) in [5.41, 5.74) is 2.13. The zero-order chi connectivity index (χ0) is 20.4. The van der Waals surface area contributed by atoms with E-state index < -0.39 is 0 Å². The SMILES string of the molecule is CN(C)C[C@@H]1OCCN(C(=O)c2ccccc2-c2nn[nH]n2)[C@H]1c1cnn(C)c1. The third-order valence-corrected chi connectivity index (χ3v) is 4.97. The summed E-state index contributed by atoms with van der Waals surface area (Å²) in [6, 6.07) is 7.08. The van der Waals surface area contributed by atoms with Crippen LogP contribution in [0, 0.1) is 0 Å². The first-order valence-electron chi connectivity index (χ1n) is 9.43. The third kappa shape index (κ3) is 3.89. The Kier molecular flexibility index (Phi) is 5.36. The molecule has 1 fully saturated rings. The van der Waals surface area contributed by atoms with E-state index in [1.54, 1.807) is 16.9 Å². The molecule has 1 aromatic carbocycles. The predicted molar refractivity (Wildman–Crippen MR) is 105 cm³/mol. The van der Waals surface area contributed by atoms with E-state index >= 15 is 0 Å². The molecule has 1 N–H and O–H groups in total. The molecular weight excluding hydrogens is 372 g/mol. The van der Waals surface area contributed by atoms with Gasteiger partial charge in [0, 0.05) is 37.5 Å². The summed E-state index contributed by atoms with van der Waals surface area (Å²) in [7, 11) is 5.86. The second-order valence-electron chi connectivity index (χ2n) is 7.34. The highest BCUT2D eigenvalue weighted by Crippen LogP contribution is 2.32. The van der Waals surface area contributed by atoms with Crippen LogP contribution in [-0.2, 0) is 11.8 Å². The summed E-state index contributed by atoms with van der Waals surface area (Å²) in [6.07, 6.45) is 3.57. The van der Waals surface area contributed by atoms with Crippen molar-refractivity contribution in [2.75, 3.05) is 33.8 Å². The Hall–Kier alpha value is -3.11. The number of benzene rings is 1. The van der Waals surface area contributed by atoms with Crippen molar-refractivity contribution < 1.29 is 9.53 Å². The van der Waals surface area contributed by atoms with Gasteiger partial charge in [-0.2, -0.15) is 10.3 Å². The molecule has 0 spiro atoms. The monoisotopic (exact) mass is 396 g/mol. The van der Waals surface area contributed by atoms with Crippen molar-refractivity contribution >= 4 is 5.91 Å². The van der Waals surface area contributed by atoms with E-state index in [9.17, 15) is 4.79 Å². The number of aromatic nitrogens is 6. The molecule has 29 heavy (non-hydrogen) atoms. The van der Waals surface area contributed by atoms with Crippen LogP contribution in [0.15, 0.2) is 36.7 Å².